The van der Waals surface area contributed by atoms with E-state index in [2.05, 4.69) is 11.9 Å². The zero-order valence-electron chi connectivity index (χ0n) is 10.5. The standard InChI is InChI=1S/C14H16N2O3/c1-2-7-15-13(17)9-16-8-11(14(18)19)10-5-3-4-6-12(10)16/h2-6,11H,1,7-9H2,(H,15,17)(H,18,19). The van der Waals surface area contributed by atoms with Crippen molar-refractivity contribution in [1.82, 2.24) is 5.32 Å². The van der Waals surface area contributed by atoms with Crippen molar-refractivity contribution in [3.63, 3.8) is 0 Å². The summed E-state index contributed by atoms with van der Waals surface area (Å²) in [6.07, 6.45) is 1.61. The molecule has 5 heteroatoms. The van der Waals surface area contributed by atoms with Crippen LogP contribution < -0.4 is 10.2 Å². The highest BCUT2D eigenvalue weighted by Gasteiger charge is 2.33. The summed E-state index contributed by atoms with van der Waals surface area (Å²) in [5.74, 6) is -1.56. The van der Waals surface area contributed by atoms with Crippen LogP contribution in [0.25, 0.3) is 0 Å². The summed E-state index contributed by atoms with van der Waals surface area (Å²) in [7, 11) is 0. The number of hydrogen-bond acceptors (Lipinski definition) is 3. The summed E-state index contributed by atoms with van der Waals surface area (Å²) in [5.41, 5.74) is 1.59. The molecule has 100 valence electrons. The Kier molecular flexibility index (Phi) is 3.85. The van der Waals surface area contributed by atoms with E-state index >= 15 is 0 Å². The molecule has 1 aromatic rings. The number of nitrogens with zero attached hydrogens (tertiary/aromatic N) is 1. The molecule has 1 aliphatic heterocycles. The van der Waals surface area contributed by atoms with Crippen LogP contribution in [0.2, 0.25) is 0 Å². The van der Waals surface area contributed by atoms with E-state index in [1.807, 2.05) is 18.2 Å². The Labute approximate surface area is 111 Å². The molecule has 1 aliphatic rings. The van der Waals surface area contributed by atoms with Crippen LogP contribution in [0, 0.1) is 0 Å². The number of carboxylic acids is 1. The van der Waals surface area contributed by atoms with Crippen molar-refractivity contribution < 1.29 is 14.7 Å². The molecule has 1 heterocycles. The smallest absolute Gasteiger partial charge is 0.312 e. The van der Waals surface area contributed by atoms with E-state index in [0.29, 0.717) is 13.1 Å². The molecule has 0 saturated carbocycles. The lowest BCUT2D eigenvalue weighted by atomic mass is 10.0. The molecule has 0 fully saturated rings. The highest BCUT2D eigenvalue weighted by molar-refractivity contribution is 5.87. The number of fused-ring (bicyclic) bond motifs is 1. The third-order valence-corrected chi connectivity index (χ3v) is 3.13. The molecule has 0 spiro atoms. The molecule has 2 N–H and O–H groups in total. The molecular weight excluding hydrogens is 244 g/mol. The Morgan fingerprint density at radius 1 is 1.47 bits per heavy atom. The minimum Gasteiger partial charge on any atom is -0.481 e. The van der Waals surface area contributed by atoms with Gasteiger partial charge in [0.25, 0.3) is 0 Å². The Balaban J connectivity index is 2.14. The SMILES string of the molecule is C=CCNC(=O)CN1CC(C(=O)O)c2ccccc21. The van der Waals surface area contributed by atoms with Crippen LogP contribution in [0.5, 0.6) is 0 Å². The number of benzene rings is 1. The number of nitrogens with one attached hydrogen (secondary N) is 1. The minimum atomic E-state index is -0.860. The Morgan fingerprint density at radius 2 is 2.21 bits per heavy atom. The fourth-order valence-corrected chi connectivity index (χ4v) is 2.26. The van der Waals surface area contributed by atoms with Gasteiger partial charge in [0.2, 0.25) is 5.91 Å². The summed E-state index contributed by atoms with van der Waals surface area (Å²) in [6.45, 7) is 4.43. The van der Waals surface area contributed by atoms with Crippen molar-refractivity contribution >= 4 is 17.6 Å². The van der Waals surface area contributed by atoms with Crippen LogP contribution in [0.4, 0.5) is 5.69 Å². The van der Waals surface area contributed by atoms with Gasteiger partial charge in [0, 0.05) is 18.8 Å². The first-order valence-electron chi connectivity index (χ1n) is 6.07. The fraction of sp³-hybridized carbons (Fsp3) is 0.286. The van der Waals surface area contributed by atoms with Crippen LogP contribution in [0.15, 0.2) is 36.9 Å². The number of hydrogen-bond donors (Lipinski definition) is 2. The highest BCUT2D eigenvalue weighted by atomic mass is 16.4. The zero-order chi connectivity index (χ0) is 13.8. The second kappa shape index (κ2) is 5.56. The molecule has 1 aromatic carbocycles. The third-order valence-electron chi connectivity index (χ3n) is 3.13. The maximum atomic E-state index is 11.7. The topological polar surface area (TPSA) is 69.6 Å². The largest absolute Gasteiger partial charge is 0.481 e. The van der Waals surface area contributed by atoms with Gasteiger partial charge < -0.3 is 15.3 Å². The van der Waals surface area contributed by atoms with Crippen molar-refractivity contribution in [2.45, 2.75) is 5.92 Å². The van der Waals surface area contributed by atoms with Crippen molar-refractivity contribution in [3.05, 3.63) is 42.5 Å². The molecule has 19 heavy (non-hydrogen) atoms. The molecular formula is C14H16N2O3. The molecule has 5 nitrogen and oxygen atoms in total. The fourth-order valence-electron chi connectivity index (χ4n) is 2.26. The van der Waals surface area contributed by atoms with E-state index in [9.17, 15) is 14.7 Å². The predicted octanol–water partition coefficient (Wildman–Crippen LogP) is 0.977. The lowest BCUT2D eigenvalue weighted by molar-refractivity contribution is -0.138. The van der Waals surface area contributed by atoms with Gasteiger partial charge in [0.1, 0.15) is 5.92 Å². The average molecular weight is 260 g/mol. The number of amides is 1. The van der Waals surface area contributed by atoms with E-state index in [4.69, 9.17) is 0 Å². The molecule has 0 bridgehead atoms. The zero-order valence-corrected chi connectivity index (χ0v) is 10.5. The number of aliphatic carboxylic acids is 1. The first-order chi connectivity index (χ1) is 9.13. The average Bonchev–Trinajstić information content (AvgIpc) is 2.76. The van der Waals surface area contributed by atoms with Crippen LogP contribution in [-0.4, -0.2) is 36.6 Å². The predicted molar refractivity (Wildman–Crippen MR) is 72.2 cm³/mol. The van der Waals surface area contributed by atoms with Crippen molar-refractivity contribution in [3.8, 4) is 0 Å². The van der Waals surface area contributed by atoms with E-state index < -0.39 is 11.9 Å². The molecule has 0 aliphatic carbocycles. The quantitative estimate of drug-likeness (QED) is 0.774. The Bertz CT molecular complexity index is 513. The number of carboxylic acid groups (broad SMARTS) is 1. The summed E-state index contributed by atoms with van der Waals surface area (Å²) < 4.78 is 0. The Hall–Kier alpha value is -2.30. The van der Waals surface area contributed by atoms with Crippen LogP contribution in [0.1, 0.15) is 11.5 Å². The number of anilines is 1. The lowest BCUT2D eigenvalue weighted by Gasteiger charge is -2.18. The van der Waals surface area contributed by atoms with Gasteiger partial charge >= 0.3 is 5.97 Å². The number of carbonyl (C=O) groups excluding carboxylic acids is 1. The van der Waals surface area contributed by atoms with Gasteiger partial charge in [-0.2, -0.15) is 0 Å². The third kappa shape index (κ3) is 2.76. The maximum absolute atomic E-state index is 11.7. The monoisotopic (exact) mass is 260 g/mol. The molecule has 0 saturated heterocycles. The van der Waals surface area contributed by atoms with Gasteiger partial charge in [-0.3, -0.25) is 9.59 Å². The molecule has 0 radical (unpaired) electrons. The van der Waals surface area contributed by atoms with E-state index in [1.54, 1.807) is 17.0 Å². The molecule has 0 aromatic heterocycles. The van der Waals surface area contributed by atoms with Crippen LogP contribution >= 0.6 is 0 Å². The lowest BCUT2D eigenvalue weighted by Crippen LogP contribution is -2.37. The molecule has 2 rings (SSSR count). The van der Waals surface area contributed by atoms with Gasteiger partial charge in [-0.1, -0.05) is 24.3 Å². The first kappa shape index (κ1) is 13.1. The minimum absolute atomic E-state index is 0.138. The maximum Gasteiger partial charge on any atom is 0.312 e. The molecule has 1 unspecified atom stereocenters. The van der Waals surface area contributed by atoms with E-state index in [-0.39, 0.29) is 12.5 Å². The molecule has 1 atom stereocenters. The number of carbonyl (C=O) groups is 2. The highest BCUT2D eigenvalue weighted by Crippen LogP contribution is 2.35. The van der Waals surface area contributed by atoms with Crippen molar-refractivity contribution in [2.24, 2.45) is 0 Å². The van der Waals surface area contributed by atoms with Crippen molar-refractivity contribution in [2.75, 3.05) is 24.5 Å². The van der Waals surface area contributed by atoms with Gasteiger partial charge in [-0.15, -0.1) is 6.58 Å². The van der Waals surface area contributed by atoms with Crippen molar-refractivity contribution in [1.29, 1.82) is 0 Å². The Morgan fingerprint density at radius 3 is 2.89 bits per heavy atom. The van der Waals surface area contributed by atoms with Gasteiger partial charge in [-0.05, 0) is 11.6 Å². The van der Waals surface area contributed by atoms with Crippen LogP contribution in [-0.2, 0) is 9.59 Å². The second-order valence-corrected chi connectivity index (χ2v) is 4.42. The van der Waals surface area contributed by atoms with Gasteiger partial charge in [0.15, 0.2) is 0 Å². The van der Waals surface area contributed by atoms with Crippen LogP contribution in [0.3, 0.4) is 0 Å². The number of para-hydroxylation sites is 1. The molecule has 1 amide bonds. The van der Waals surface area contributed by atoms with E-state index in [0.717, 1.165) is 11.3 Å². The summed E-state index contributed by atoms with van der Waals surface area (Å²) in [5, 5.41) is 11.9. The summed E-state index contributed by atoms with van der Waals surface area (Å²) >= 11 is 0. The first-order valence-corrected chi connectivity index (χ1v) is 6.07. The van der Waals surface area contributed by atoms with Gasteiger partial charge in [-0.25, -0.2) is 0 Å². The summed E-state index contributed by atoms with van der Waals surface area (Å²) in [6, 6.07) is 7.31. The number of rotatable bonds is 5. The summed E-state index contributed by atoms with van der Waals surface area (Å²) in [4.78, 5) is 24.7. The normalized spacial score (nSPS) is 16.8. The van der Waals surface area contributed by atoms with Gasteiger partial charge in [0.05, 0.1) is 6.54 Å². The second-order valence-electron chi connectivity index (χ2n) is 4.42. The van der Waals surface area contributed by atoms with E-state index in [1.165, 1.54) is 0 Å².